The van der Waals surface area contributed by atoms with Crippen LogP contribution in [0.4, 0.5) is 5.82 Å². The van der Waals surface area contributed by atoms with Crippen LogP contribution in [0.25, 0.3) is 0 Å². The molecular weight excluding hydrogens is 216 g/mol. The molecule has 1 aliphatic rings. The van der Waals surface area contributed by atoms with Gasteiger partial charge in [0.25, 0.3) is 0 Å². The van der Waals surface area contributed by atoms with Gasteiger partial charge >= 0.3 is 0 Å². The zero-order valence-electron chi connectivity index (χ0n) is 10.3. The Morgan fingerprint density at radius 2 is 2.41 bits per heavy atom. The summed E-state index contributed by atoms with van der Waals surface area (Å²) in [6.45, 7) is 3.37. The summed E-state index contributed by atoms with van der Waals surface area (Å²) in [7, 11) is 1.85. The van der Waals surface area contributed by atoms with Crippen LogP contribution in [0.5, 0.6) is 0 Å². The molecule has 2 heterocycles. The third-order valence-corrected chi connectivity index (χ3v) is 3.21. The number of carbonyl (C=O) groups is 1. The van der Waals surface area contributed by atoms with Gasteiger partial charge in [0.1, 0.15) is 12.1 Å². The highest BCUT2D eigenvalue weighted by Crippen LogP contribution is 2.20. The van der Waals surface area contributed by atoms with Gasteiger partial charge in [0.05, 0.1) is 0 Å². The fraction of sp³-hybridized carbons (Fsp3) is 0.583. The Morgan fingerprint density at radius 3 is 3.06 bits per heavy atom. The van der Waals surface area contributed by atoms with Crippen LogP contribution in [-0.4, -0.2) is 40.9 Å². The molecule has 0 radical (unpaired) electrons. The van der Waals surface area contributed by atoms with Gasteiger partial charge in [0.15, 0.2) is 0 Å². The van der Waals surface area contributed by atoms with Gasteiger partial charge in [-0.2, -0.15) is 0 Å². The number of rotatable bonds is 3. The number of hydrogen-bond acceptors (Lipinski definition) is 4. The van der Waals surface area contributed by atoms with Crippen molar-refractivity contribution in [3.63, 3.8) is 0 Å². The second kappa shape index (κ2) is 5.12. The molecule has 1 fully saturated rings. The lowest BCUT2D eigenvalue weighted by Crippen LogP contribution is -2.26. The smallest absolute Gasteiger partial charge is 0.219 e. The molecule has 5 nitrogen and oxygen atoms in total. The molecule has 1 N–H and O–H groups in total. The molecule has 1 aromatic heterocycles. The summed E-state index contributed by atoms with van der Waals surface area (Å²) in [4.78, 5) is 21.5. The number of hydrogen-bond donors (Lipinski definition) is 1. The monoisotopic (exact) mass is 234 g/mol. The highest BCUT2D eigenvalue weighted by Gasteiger charge is 2.24. The number of likely N-dealkylation sites (tertiary alicyclic amines) is 1. The first-order valence-corrected chi connectivity index (χ1v) is 5.93. The molecule has 92 valence electrons. The fourth-order valence-corrected chi connectivity index (χ4v) is 2.23. The molecule has 0 aliphatic carbocycles. The van der Waals surface area contributed by atoms with Gasteiger partial charge in [-0.1, -0.05) is 0 Å². The summed E-state index contributed by atoms with van der Waals surface area (Å²) in [6, 6.07) is 1.97. The topological polar surface area (TPSA) is 58.1 Å². The number of anilines is 1. The predicted octanol–water partition coefficient (Wildman–Crippen LogP) is 0.929. The van der Waals surface area contributed by atoms with Crippen LogP contribution >= 0.6 is 0 Å². The zero-order valence-corrected chi connectivity index (χ0v) is 10.3. The van der Waals surface area contributed by atoms with Crippen molar-refractivity contribution >= 4 is 11.7 Å². The van der Waals surface area contributed by atoms with Gasteiger partial charge < -0.3 is 10.2 Å². The van der Waals surface area contributed by atoms with Crippen LogP contribution in [0.15, 0.2) is 12.4 Å². The molecule has 17 heavy (non-hydrogen) atoms. The number of carbonyl (C=O) groups excluding carboxylic acids is 1. The Bertz CT molecular complexity index is 407. The van der Waals surface area contributed by atoms with E-state index in [0.717, 1.165) is 37.4 Å². The normalized spacial score (nSPS) is 19.4. The second-order valence-corrected chi connectivity index (χ2v) is 4.47. The van der Waals surface area contributed by atoms with E-state index >= 15 is 0 Å². The Labute approximate surface area is 101 Å². The van der Waals surface area contributed by atoms with Crippen molar-refractivity contribution in [1.82, 2.24) is 14.9 Å². The molecular formula is C12H18N4O. The molecule has 1 atom stereocenters. The average molecular weight is 234 g/mol. The van der Waals surface area contributed by atoms with Gasteiger partial charge in [-0.15, -0.1) is 0 Å². The molecule has 0 unspecified atom stereocenters. The number of nitrogens with zero attached hydrogens (tertiary/aromatic N) is 3. The average Bonchev–Trinajstić information content (AvgIpc) is 2.78. The minimum atomic E-state index is 0.172. The maximum atomic E-state index is 11.2. The lowest BCUT2D eigenvalue weighted by atomic mass is 10.0. The summed E-state index contributed by atoms with van der Waals surface area (Å²) in [5, 5.41) is 3.00. The quantitative estimate of drug-likeness (QED) is 0.845. The van der Waals surface area contributed by atoms with Crippen molar-refractivity contribution in [3.05, 3.63) is 18.1 Å². The molecule has 0 saturated carbocycles. The lowest BCUT2D eigenvalue weighted by Gasteiger charge is -2.13. The number of nitrogens with one attached hydrogen (secondary N) is 1. The third-order valence-electron chi connectivity index (χ3n) is 3.21. The molecule has 0 spiro atoms. The van der Waals surface area contributed by atoms with Crippen molar-refractivity contribution in [2.45, 2.75) is 19.8 Å². The van der Waals surface area contributed by atoms with E-state index in [4.69, 9.17) is 0 Å². The molecule has 0 aromatic carbocycles. The van der Waals surface area contributed by atoms with Gasteiger partial charge in [0.2, 0.25) is 5.91 Å². The Balaban J connectivity index is 1.95. The van der Waals surface area contributed by atoms with Gasteiger partial charge in [-0.25, -0.2) is 9.97 Å². The van der Waals surface area contributed by atoms with Crippen molar-refractivity contribution < 1.29 is 4.79 Å². The fourth-order valence-electron chi connectivity index (χ4n) is 2.23. The number of amides is 1. The molecule has 2 rings (SSSR count). The molecule has 0 bridgehead atoms. The largest absolute Gasteiger partial charge is 0.373 e. The Kier molecular flexibility index (Phi) is 3.56. The van der Waals surface area contributed by atoms with E-state index in [-0.39, 0.29) is 5.91 Å². The standard InChI is InChI=1S/C12H18N4O/c1-9(17)16-4-3-10(7-16)5-11-6-12(13-2)15-8-14-11/h6,8,10H,3-5,7H2,1-2H3,(H,13,14,15)/t10-/m0/s1. The molecule has 1 aromatic rings. The first-order chi connectivity index (χ1) is 8.19. The second-order valence-electron chi connectivity index (χ2n) is 4.47. The van der Waals surface area contributed by atoms with Crippen molar-refractivity contribution in [1.29, 1.82) is 0 Å². The van der Waals surface area contributed by atoms with Gasteiger partial charge in [-0.05, 0) is 18.8 Å². The maximum Gasteiger partial charge on any atom is 0.219 e. The summed E-state index contributed by atoms with van der Waals surface area (Å²) in [5.74, 6) is 1.54. The molecule has 1 aliphatic heterocycles. The van der Waals surface area contributed by atoms with Crippen LogP contribution in [0.1, 0.15) is 19.0 Å². The molecule has 5 heteroatoms. The van der Waals surface area contributed by atoms with Gasteiger partial charge in [-0.3, -0.25) is 4.79 Å². The molecule has 1 amide bonds. The van der Waals surface area contributed by atoms with Crippen molar-refractivity contribution in [2.24, 2.45) is 5.92 Å². The first kappa shape index (κ1) is 11.8. The predicted molar refractivity (Wildman–Crippen MR) is 65.6 cm³/mol. The highest BCUT2D eigenvalue weighted by molar-refractivity contribution is 5.73. The maximum absolute atomic E-state index is 11.2. The van der Waals surface area contributed by atoms with E-state index in [9.17, 15) is 4.79 Å². The molecule has 1 saturated heterocycles. The van der Waals surface area contributed by atoms with Crippen LogP contribution in [0, 0.1) is 5.92 Å². The zero-order chi connectivity index (χ0) is 12.3. The van der Waals surface area contributed by atoms with Crippen molar-refractivity contribution in [3.8, 4) is 0 Å². The lowest BCUT2D eigenvalue weighted by molar-refractivity contribution is -0.127. The van der Waals surface area contributed by atoms with Crippen LogP contribution in [0.2, 0.25) is 0 Å². The van der Waals surface area contributed by atoms with Crippen LogP contribution in [0.3, 0.4) is 0 Å². The SMILES string of the molecule is CNc1cc(C[C@@H]2CCN(C(C)=O)C2)ncn1. The van der Waals surface area contributed by atoms with Crippen LogP contribution in [-0.2, 0) is 11.2 Å². The van der Waals surface area contributed by atoms with Crippen LogP contribution < -0.4 is 5.32 Å². The third kappa shape index (κ3) is 2.93. The summed E-state index contributed by atoms with van der Waals surface area (Å²) >= 11 is 0. The van der Waals surface area contributed by atoms with Crippen molar-refractivity contribution in [2.75, 3.05) is 25.5 Å². The van der Waals surface area contributed by atoms with E-state index in [1.165, 1.54) is 0 Å². The van der Waals surface area contributed by atoms with E-state index in [0.29, 0.717) is 5.92 Å². The minimum Gasteiger partial charge on any atom is -0.373 e. The Hall–Kier alpha value is -1.65. The first-order valence-electron chi connectivity index (χ1n) is 5.93. The van der Waals surface area contributed by atoms with E-state index in [1.54, 1.807) is 13.3 Å². The highest BCUT2D eigenvalue weighted by atomic mass is 16.2. The van der Waals surface area contributed by atoms with E-state index < -0.39 is 0 Å². The summed E-state index contributed by atoms with van der Waals surface area (Å²) < 4.78 is 0. The minimum absolute atomic E-state index is 0.172. The van der Waals surface area contributed by atoms with Gasteiger partial charge in [0, 0.05) is 38.8 Å². The van der Waals surface area contributed by atoms with E-state index in [2.05, 4.69) is 15.3 Å². The van der Waals surface area contributed by atoms with E-state index in [1.807, 2.05) is 18.0 Å². The summed E-state index contributed by atoms with van der Waals surface area (Å²) in [6.07, 6.45) is 3.57. The summed E-state index contributed by atoms with van der Waals surface area (Å²) in [5.41, 5.74) is 1.04. The Morgan fingerprint density at radius 1 is 1.59 bits per heavy atom. The number of aromatic nitrogens is 2.